The Bertz CT molecular complexity index is 661. The van der Waals surface area contributed by atoms with Gasteiger partial charge in [0.15, 0.2) is 5.16 Å². The molecule has 94 valence electrons. The molecule has 4 nitrogen and oxygen atoms in total. The number of hydrogen-bond acceptors (Lipinski definition) is 4. The molecule has 0 aliphatic carbocycles. The fourth-order valence-corrected chi connectivity index (χ4v) is 2.38. The Morgan fingerprint density at radius 1 is 0.947 bits per heavy atom. The van der Waals surface area contributed by atoms with Crippen molar-refractivity contribution < 1.29 is 0 Å². The first-order chi connectivity index (χ1) is 9.31. The van der Waals surface area contributed by atoms with Crippen molar-refractivity contribution in [2.75, 3.05) is 5.73 Å². The van der Waals surface area contributed by atoms with Gasteiger partial charge in [-0.1, -0.05) is 30.3 Å². The topological polar surface area (TPSA) is 67.6 Å². The molecule has 0 radical (unpaired) electrons. The summed E-state index contributed by atoms with van der Waals surface area (Å²) in [6.45, 7) is 0. The molecule has 0 bridgehead atoms. The highest BCUT2D eigenvalue weighted by atomic mass is 32.2. The van der Waals surface area contributed by atoms with Crippen molar-refractivity contribution >= 4 is 17.4 Å². The van der Waals surface area contributed by atoms with E-state index in [0.29, 0.717) is 5.69 Å². The van der Waals surface area contributed by atoms with Crippen LogP contribution in [-0.2, 0) is 0 Å². The number of nitrogen functional groups attached to an aromatic ring is 1. The molecule has 5 heteroatoms. The molecule has 2 heterocycles. The molecule has 0 spiro atoms. The third-order valence-electron chi connectivity index (χ3n) is 2.60. The lowest BCUT2D eigenvalue weighted by molar-refractivity contribution is 1.04. The van der Waals surface area contributed by atoms with Gasteiger partial charge in [0.05, 0.1) is 23.8 Å². The second-order valence-electron chi connectivity index (χ2n) is 4.00. The second-order valence-corrected chi connectivity index (χ2v) is 5.01. The van der Waals surface area contributed by atoms with E-state index in [-0.39, 0.29) is 0 Å². The van der Waals surface area contributed by atoms with Crippen LogP contribution in [-0.4, -0.2) is 15.0 Å². The van der Waals surface area contributed by atoms with Gasteiger partial charge in [0.1, 0.15) is 5.03 Å². The van der Waals surface area contributed by atoms with E-state index >= 15 is 0 Å². The summed E-state index contributed by atoms with van der Waals surface area (Å²) >= 11 is 1.48. The largest absolute Gasteiger partial charge is 0.397 e. The number of benzene rings is 1. The number of pyridine rings is 1. The van der Waals surface area contributed by atoms with Crippen LogP contribution in [0.15, 0.2) is 65.0 Å². The third-order valence-corrected chi connectivity index (χ3v) is 3.45. The van der Waals surface area contributed by atoms with Crippen LogP contribution in [0, 0.1) is 0 Å². The van der Waals surface area contributed by atoms with Crippen LogP contribution >= 0.6 is 11.8 Å². The summed E-state index contributed by atoms with van der Waals surface area (Å²) < 4.78 is 0. The van der Waals surface area contributed by atoms with Crippen LogP contribution in [0.4, 0.5) is 5.69 Å². The Hall–Kier alpha value is -2.27. The quantitative estimate of drug-likeness (QED) is 0.765. The molecule has 0 aliphatic rings. The lowest BCUT2D eigenvalue weighted by atomic mass is 10.2. The van der Waals surface area contributed by atoms with Crippen LogP contribution in [0.3, 0.4) is 0 Å². The summed E-state index contributed by atoms with van der Waals surface area (Å²) in [5, 5.41) is 1.68. The van der Waals surface area contributed by atoms with Gasteiger partial charge in [-0.25, -0.2) is 9.97 Å². The summed E-state index contributed by atoms with van der Waals surface area (Å²) in [7, 11) is 0. The molecule has 2 aromatic heterocycles. The minimum atomic E-state index is 0.661. The SMILES string of the molecule is Nc1ccc(Sc2ncc(-c3ccccc3)[nH]2)nc1. The number of aromatic nitrogens is 3. The van der Waals surface area contributed by atoms with Crippen LogP contribution in [0.5, 0.6) is 0 Å². The molecule has 0 saturated carbocycles. The lowest BCUT2D eigenvalue weighted by Gasteiger charge is -1.98. The Morgan fingerprint density at radius 3 is 2.53 bits per heavy atom. The average Bonchev–Trinajstić information content (AvgIpc) is 2.91. The van der Waals surface area contributed by atoms with Gasteiger partial charge in [-0.15, -0.1) is 0 Å². The van der Waals surface area contributed by atoms with E-state index in [1.54, 1.807) is 6.20 Å². The molecular weight excluding hydrogens is 256 g/mol. The minimum Gasteiger partial charge on any atom is -0.397 e. The monoisotopic (exact) mass is 268 g/mol. The number of aromatic amines is 1. The van der Waals surface area contributed by atoms with Gasteiger partial charge >= 0.3 is 0 Å². The van der Waals surface area contributed by atoms with Crippen molar-refractivity contribution in [3.63, 3.8) is 0 Å². The second kappa shape index (κ2) is 5.16. The molecular formula is C14H12N4S. The van der Waals surface area contributed by atoms with Crippen molar-refractivity contribution in [1.82, 2.24) is 15.0 Å². The van der Waals surface area contributed by atoms with Crippen molar-refractivity contribution in [2.45, 2.75) is 10.2 Å². The molecule has 3 rings (SSSR count). The van der Waals surface area contributed by atoms with Gasteiger partial charge in [0, 0.05) is 0 Å². The van der Waals surface area contributed by atoms with Crippen molar-refractivity contribution in [3.05, 3.63) is 54.9 Å². The first-order valence-corrected chi connectivity index (χ1v) is 6.63. The number of H-pyrrole nitrogens is 1. The summed E-state index contributed by atoms with van der Waals surface area (Å²) in [6, 6.07) is 13.8. The van der Waals surface area contributed by atoms with Gasteiger partial charge in [-0.3, -0.25) is 0 Å². The fourth-order valence-electron chi connectivity index (χ4n) is 1.67. The maximum absolute atomic E-state index is 5.60. The average molecular weight is 268 g/mol. The Balaban J connectivity index is 1.80. The lowest BCUT2D eigenvalue weighted by Crippen LogP contribution is -1.87. The highest BCUT2D eigenvalue weighted by Crippen LogP contribution is 2.26. The predicted molar refractivity (Wildman–Crippen MR) is 76.8 cm³/mol. The van der Waals surface area contributed by atoms with Gasteiger partial charge in [-0.2, -0.15) is 0 Å². The maximum Gasteiger partial charge on any atom is 0.172 e. The van der Waals surface area contributed by atoms with E-state index in [2.05, 4.69) is 15.0 Å². The molecule has 0 atom stereocenters. The van der Waals surface area contributed by atoms with Crippen molar-refractivity contribution in [2.24, 2.45) is 0 Å². The zero-order chi connectivity index (χ0) is 13.1. The summed E-state index contributed by atoms with van der Waals surface area (Å²) in [6.07, 6.45) is 3.47. The first kappa shape index (κ1) is 11.8. The van der Waals surface area contributed by atoms with Crippen molar-refractivity contribution in [3.8, 4) is 11.3 Å². The van der Waals surface area contributed by atoms with Crippen LogP contribution in [0.25, 0.3) is 11.3 Å². The Labute approximate surface area is 115 Å². The molecule has 0 aliphatic heterocycles. The van der Waals surface area contributed by atoms with E-state index in [4.69, 9.17) is 5.73 Å². The summed E-state index contributed by atoms with van der Waals surface area (Å²) in [5.41, 5.74) is 8.38. The van der Waals surface area contributed by atoms with Gasteiger partial charge < -0.3 is 10.7 Å². The van der Waals surface area contributed by atoms with E-state index < -0.39 is 0 Å². The first-order valence-electron chi connectivity index (χ1n) is 5.81. The Morgan fingerprint density at radius 2 is 1.79 bits per heavy atom. The molecule has 1 aromatic carbocycles. The number of nitrogens with one attached hydrogen (secondary N) is 1. The smallest absolute Gasteiger partial charge is 0.172 e. The minimum absolute atomic E-state index is 0.661. The molecule has 0 saturated heterocycles. The van der Waals surface area contributed by atoms with Crippen LogP contribution in [0.2, 0.25) is 0 Å². The zero-order valence-electron chi connectivity index (χ0n) is 10.1. The number of nitrogens with two attached hydrogens (primary N) is 1. The highest BCUT2D eigenvalue weighted by Gasteiger charge is 2.05. The zero-order valence-corrected chi connectivity index (χ0v) is 10.9. The van der Waals surface area contributed by atoms with Crippen LogP contribution < -0.4 is 5.73 Å². The summed E-state index contributed by atoms with van der Waals surface area (Å²) in [4.78, 5) is 11.9. The molecule has 0 unspecified atom stereocenters. The number of anilines is 1. The number of nitrogens with zero attached hydrogens (tertiary/aromatic N) is 2. The number of hydrogen-bond donors (Lipinski definition) is 2. The molecule has 0 amide bonds. The number of rotatable bonds is 3. The van der Waals surface area contributed by atoms with E-state index in [0.717, 1.165) is 21.4 Å². The molecule has 3 aromatic rings. The molecule has 3 N–H and O–H groups in total. The fraction of sp³-hybridized carbons (Fsp3) is 0. The standard InChI is InChI=1S/C14H12N4S/c15-11-6-7-13(16-8-11)19-14-17-9-12(18-14)10-4-2-1-3-5-10/h1-9H,15H2,(H,17,18). The van der Waals surface area contributed by atoms with Crippen LogP contribution in [0.1, 0.15) is 0 Å². The van der Waals surface area contributed by atoms with E-state index in [1.165, 1.54) is 11.8 Å². The highest BCUT2D eigenvalue weighted by molar-refractivity contribution is 7.99. The van der Waals surface area contributed by atoms with Crippen molar-refractivity contribution in [1.29, 1.82) is 0 Å². The predicted octanol–water partition coefficient (Wildman–Crippen LogP) is 3.21. The number of imidazole rings is 1. The van der Waals surface area contributed by atoms with Gasteiger partial charge in [-0.05, 0) is 29.5 Å². The van der Waals surface area contributed by atoms with Gasteiger partial charge in [0.2, 0.25) is 0 Å². The van der Waals surface area contributed by atoms with Gasteiger partial charge in [0.25, 0.3) is 0 Å². The summed E-state index contributed by atoms with van der Waals surface area (Å²) in [5.74, 6) is 0. The van der Waals surface area contributed by atoms with E-state index in [1.807, 2.05) is 48.7 Å². The third kappa shape index (κ3) is 2.77. The Kier molecular flexibility index (Phi) is 3.20. The molecule has 0 fully saturated rings. The van der Waals surface area contributed by atoms with E-state index in [9.17, 15) is 0 Å². The normalized spacial score (nSPS) is 10.5. The maximum atomic E-state index is 5.60. The molecule has 19 heavy (non-hydrogen) atoms.